The van der Waals surface area contributed by atoms with E-state index in [4.69, 9.17) is 29.1 Å². The SMILES string of the molecule is C=C[Si](C)(C)O[Si](C)(C)O[Si](C)(C)CC[Si](C)(C)O[Si](C)(O[Si](C)(C)CC[Si](C)(C)O[Si](C)(C)O[Si](C)(C)CC[Si](C)(C)OC)c1ccccc1. The van der Waals surface area contributed by atoms with Gasteiger partial charge in [0.2, 0.25) is 0 Å². The normalized spacial score (nSPS) is 15.9. The van der Waals surface area contributed by atoms with E-state index in [-0.39, 0.29) is 0 Å². The van der Waals surface area contributed by atoms with E-state index in [1.54, 1.807) is 0 Å². The Morgan fingerprint density at radius 3 is 1.04 bits per heavy atom. The molecule has 0 N–H and O–H groups in total. The first-order valence-corrected chi connectivity index (χ1v) is 48.7. The van der Waals surface area contributed by atoms with Crippen molar-refractivity contribution in [1.82, 2.24) is 0 Å². The van der Waals surface area contributed by atoms with E-state index in [1.165, 1.54) is 5.19 Å². The van der Waals surface area contributed by atoms with Crippen molar-refractivity contribution in [3.05, 3.63) is 42.6 Å². The first kappa shape index (κ1) is 49.9. The number of hydrogen-bond donors (Lipinski definition) is 0. The molecule has 7 nitrogen and oxygen atoms in total. The van der Waals surface area contributed by atoms with E-state index in [2.05, 4.69) is 161 Å². The van der Waals surface area contributed by atoms with Crippen LogP contribution in [0.2, 0.25) is 161 Å². The van der Waals surface area contributed by atoms with Gasteiger partial charge >= 0.3 is 25.7 Å². The second-order valence-electron chi connectivity index (χ2n) is 19.8. The van der Waals surface area contributed by atoms with Gasteiger partial charge in [0.25, 0.3) is 0 Å². The quantitative estimate of drug-likeness (QED) is 0.0959. The summed E-state index contributed by atoms with van der Waals surface area (Å²) in [6, 6.07) is 17.2. The molecule has 1 unspecified atom stereocenters. The standard InChI is InChI=1S/C34H80O7Si10/c1-22-42(3,4)36-49(17,18)37-45(9,10)30-32-47(13,14)40-51(21,34-26-24-23-25-27-34)41-48(15,16)33-31-46(11,12)39-50(19,20)38-44(7,8)29-28-43(5,6)35-2/h22-27H,1,28-33H2,2-21H3. The van der Waals surface area contributed by atoms with Crippen LogP contribution < -0.4 is 5.19 Å². The molecule has 0 heterocycles. The molecule has 0 fully saturated rings. The van der Waals surface area contributed by atoms with Crippen molar-refractivity contribution in [3.8, 4) is 0 Å². The third kappa shape index (κ3) is 20.0. The highest BCUT2D eigenvalue weighted by Gasteiger charge is 2.47. The van der Waals surface area contributed by atoms with E-state index in [1.807, 2.05) is 12.8 Å². The lowest BCUT2D eigenvalue weighted by molar-refractivity contribution is 0.382. The van der Waals surface area contributed by atoms with Crippen molar-refractivity contribution in [2.75, 3.05) is 7.11 Å². The molecule has 0 aliphatic carbocycles. The molecule has 0 spiro atoms. The van der Waals surface area contributed by atoms with Gasteiger partial charge in [0.05, 0.1) is 0 Å². The van der Waals surface area contributed by atoms with Crippen molar-refractivity contribution >= 4 is 89.1 Å². The number of rotatable bonds is 24. The molecule has 0 bridgehead atoms. The summed E-state index contributed by atoms with van der Waals surface area (Å²) >= 11 is 0. The van der Waals surface area contributed by atoms with Crippen molar-refractivity contribution in [1.29, 1.82) is 0 Å². The zero-order valence-corrected chi connectivity index (χ0v) is 46.8. The van der Waals surface area contributed by atoms with Crippen LogP contribution in [0.25, 0.3) is 0 Å². The van der Waals surface area contributed by atoms with E-state index in [0.29, 0.717) is 0 Å². The zero-order chi connectivity index (χ0) is 40.0. The van der Waals surface area contributed by atoms with E-state index < -0.39 is 83.9 Å². The molecule has 17 heteroatoms. The largest absolute Gasteiger partial charge is 0.437 e. The number of hydrogen-bond acceptors (Lipinski definition) is 7. The molecule has 0 aliphatic rings. The van der Waals surface area contributed by atoms with Gasteiger partial charge in [0.1, 0.15) is 0 Å². The van der Waals surface area contributed by atoms with Gasteiger partial charge in [-0.25, -0.2) is 0 Å². The summed E-state index contributed by atoms with van der Waals surface area (Å²) in [5.74, 6) is 0. The molecule has 0 aliphatic heterocycles. The summed E-state index contributed by atoms with van der Waals surface area (Å²) in [5.41, 5.74) is 2.01. The predicted molar refractivity (Wildman–Crippen MR) is 248 cm³/mol. The Morgan fingerprint density at radius 1 is 0.431 bits per heavy atom. The lowest BCUT2D eigenvalue weighted by atomic mass is 10.4. The first-order chi connectivity index (χ1) is 22.6. The van der Waals surface area contributed by atoms with Gasteiger partial charge in [-0.2, -0.15) is 0 Å². The Labute approximate surface area is 326 Å². The fourth-order valence-corrected chi connectivity index (χ4v) is 56.7. The summed E-state index contributed by atoms with van der Waals surface area (Å²) in [6.07, 6.45) is 0. The number of benzene rings is 1. The Balaban J connectivity index is 3.07. The summed E-state index contributed by atoms with van der Waals surface area (Å²) < 4.78 is 48.1. The Bertz CT molecular complexity index is 1240. The summed E-state index contributed by atoms with van der Waals surface area (Å²) in [6.45, 7) is 47.8. The maximum Gasteiger partial charge on any atom is 0.348 e. The van der Waals surface area contributed by atoms with Gasteiger partial charge < -0.3 is 29.1 Å². The lowest BCUT2D eigenvalue weighted by Crippen LogP contribution is -2.62. The molecular weight excluding hydrogens is 801 g/mol. The molecule has 0 saturated heterocycles. The Morgan fingerprint density at radius 2 is 0.725 bits per heavy atom. The highest BCUT2D eigenvalue weighted by atomic mass is 28.5. The minimum Gasteiger partial charge on any atom is -0.437 e. The third-order valence-corrected chi connectivity index (χ3v) is 47.2. The first-order valence-electron chi connectivity index (χ1n) is 19.0. The van der Waals surface area contributed by atoms with E-state index in [9.17, 15) is 0 Å². The second-order valence-corrected chi connectivity index (χ2v) is 60.9. The van der Waals surface area contributed by atoms with Crippen LogP contribution in [-0.4, -0.2) is 91.0 Å². The summed E-state index contributed by atoms with van der Waals surface area (Å²) in [7, 11) is -19.2. The Hall–Kier alpha value is 0.849. The van der Waals surface area contributed by atoms with Crippen molar-refractivity contribution in [2.24, 2.45) is 0 Å². The average molecular weight is 882 g/mol. The minimum absolute atomic E-state index is 1.04. The highest BCUT2D eigenvalue weighted by molar-refractivity contribution is 6.96. The molecule has 298 valence electrons. The van der Waals surface area contributed by atoms with Crippen LogP contribution in [-0.2, 0) is 29.1 Å². The highest BCUT2D eigenvalue weighted by Crippen LogP contribution is 2.33. The van der Waals surface area contributed by atoms with Crippen molar-refractivity contribution in [3.63, 3.8) is 0 Å². The summed E-state index contributed by atoms with van der Waals surface area (Å²) in [4.78, 5) is 0. The van der Waals surface area contributed by atoms with Crippen LogP contribution in [0, 0.1) is 0 Å². The minimum atomic E-state index is -2.75. The fraction of sp³-hybridized carbons (Fsp3) is 0.765. The molecule has 1 aromatic carbocycles. The molecule has 0 aromatic heterocycles. The van der Waals surface area contributed by atoms with E-state index >= 15 is 0 Å². The average Bonchev–Trinajstić information content (AvgIpc) is 2.92. The second kappa shape index (κ2) is 18.4. The van der Waals surface area contributed by atoms with Crippen LogP contribution in [0.1, 0.15) is 0 Å². The van der Waals surface area contributed by atoms with Gasteiger partial charge in [-0.3, -0.25) is 0 Å². The lowest BCUT2D eigenvalue weighted by Gasteiger charge is -2.43. The molecular formula is C34H80O7Si10. The molecule has 0 radical (unpaired) electrons. The maximum absolute atomic E-state index is 7.41. The smallest absolute Gasteiger partial charge is 0.348 e. The molecule has 0 saturated carbocycles. The van der Waals surface area contributed by atoms with E-state index in [0.717, 1.165) is 36.3 Å². The van der Waals surface area contributed by atoms with Gasteiger partial charge in [-0.1, -0.05) is 36.0 Å². The van der Waals surface area contributed by atoms with Gasteiger partial charge in [-0.05, 0) is 166 Å². The van der Waals surface area contributed by atoms with Crippen LogP contribution >= 0.6 is 0 Å². The molecule has 1 aromatic rings. The summed E-state index contributed by atoms with van der Waals surface area (Å²) in [5, 5.41) is 1.22. The molecule has 1 atom stereocenters. The zero-order valence-electron chi connectivity index (χ0n) is 36.8. The van der Waals surface area contributed by atoms with Gasteiger partial charge in [0.15, 0.2) is 58.2 Å². The fourth-order valence-electron chi connectivity index (χ4n) is 6.81. The Kier molecular flexibility index (Phi) is 18.0. The van der Waals surface area contributed by atoms with Crippen molar-refractivity contribution in [2.45, 2.75) is 161 Å². The van der Waals surface area contributed by atoms with Crippen molar-refractivity contribution < 1.29 is 29.1 Å². The van der Waals surface area contributed by atoms with Gasteiger partial charge in [-0.15, -0.1) is 6.58 Å². The van der Waals surface area contributed by atoms with Gasteiger partial charge in [0, 0.05) is 7.11 Å². The molecule has 1 rings (SSSR count). The maximum atomic E-state index is 7.41. The topological polar surface area (TPSA) is 64.6 Å². The van der Waals surface area contributed by atoms with Crippen LogP contribution in [0.3, 0.4) is 0 Å². The van der Waals surface area contributed by atoms with Crippen LogP contribution in [0.5, 0.6) is 0 Å². The monoisotopic (exact) mass is 880 g/mol. The predicted octanol–water partition coefficient (Wildman–Crippen LogP) is 11.3. The van der Waals surface area contributed by atoms with Crippen LogP contribution in [0.15, 0.2) is 42.6 Å². The molecule has 51 heavy (non-hydrogen) atoms. The molecule has 0 amide bonds. The third-order valence-electron chi connectivity index (χ3n) is 9.35. The van der Waals surface area contributed by atoms with Crippen LogP contribution in [0.4, 0.5) is 0 Å².